The van der Waals surface area contributed by atoms with E-state index in [2.05, 4.69) is 35.2 Å². The Morgan fingerprint density at radius 2 is 1.96 bits per heavy atom. The van der Waals surface area contributed by atoms with Crippen LogP contribution < -0.4 is 10.6 Å². The molecule has 5 heteroatoms. The van der Waals surface area contributed by atoms with E-state index in [1.807, 2.05) is 44.3 Å². The molecule has 0 aliphatic heterocycles. The first-order valence-electron chi connectivity index (χ1n) is 8.52. The monoisotopic (exact) mass is 369 g/mol. The highest BCUT2D eigenvalue weighted by atomic mass is 35.5. The number of carbonyl (C=O) groups excluding carboxylic acids is 1. The van der Waals surface area contributed by atoms with Crippen molar-refractivity contribution < 1.29 is 4.79 Å². The Labute approximate surface area is 160 Å². The molecular weight excluding hydrogens is 346 g/mol. The van der Waals surface area contributed by atoms with Gasteiger partial charge in [-0.1, -0.05) is 49.4 Å². The molecule has 0 fully saturated rings. The van der Waals surface area contributed by atoms with E-state index >= 15 is 0 Å². The number of hydrogen-bond donors (Lipinski definition) is 2. The van der Waals surface area contributed by atoms with Crippen molar-refractivity contribution in [3.8, 4) is 0 Å². The maximum Gasteiger partial charge on any atom is 0.345 e. The third-order valence-corrected chi connectivity index (χ3v) is 4.35. The van der Waals surface area contributed by atoms with Gasteiger partial charge in [0.25, 0.3) is 0 Å². The molecule has 0 aliphatic carbocycles. The fraction of sp³-hybridized carbons (Fsp3) is 0.238. The van der Waals surface area contributed by atoms with Crippen LogP contribution >= 0.6 is 11.6 Å². The van der Waals surface area contributed by atoms with E-state index in [4.69, 9.17) is 11.6 Å². The van der Waals surface area contributed by atoms with E-state index in [1.165, 1.54) is 5.56 Å². The molecule has 0 spiro atoms. The number of hydrogen-bond acceptors (Lipinski definition) is 2. The Morgan fingerprint density at radius 3 is 2.65 bits per heavy atom. The van der Waals surface area contributed by atoms with Gasteiger partial charge in [-0.2, -0.15) is 4.99 Å². The third kappa shape index (κ3) is 5.28. The summed E-state index contributed by atoms with van der Waals surface area (Å²) < 4.78 is 0. The fourth-order valence-corrected chi connectivity index (χ4v) is 2.81. The number of amides is 2. The minimum Gasteiger partial charge on any atom is -0.316 e. The van der Waals surface area contributed by atoms with Crippen molar-refractivity contribution in [3.63, 3.8) is 0 Å². The average molecular weight is 370 g/mol. The van der Waals surface area contributed by atoms with Crippen molar-refractivity contribution in [2.24, 2.45) is 4.99 Å². The van der Waals surface area contributed by atoms with Gasteiger partial charge in [-0.15, -0.1) is 0 Å². The van der Waals surface area contributed by atoms with Gasteiger partial charge in [0, 0.05) is 22.8 Å². The van der Waals surface area contributed by atoms with Gasteiger partial charge in [0.1, 0.15) is 0 Å². The van der Waals surface area contributed by atoms with Crippen LogP contribution in [-0.2, 0) is 13.0 Å². The lowest BCUT2D eigenvalue weighted by atomic mass is 10.1. The molecule has 2 N–H and O–H groups in total. The van der Waals surface area contributed by atoms with E-state index in [0.717, 1.165) is 17.5 Å². The number of nitrogens with one attached hydrogen (secondary N) is 2. The summed E-state index contributed by atoms with van der Waals surface area (Å²) in [6.45, 7) is 8.54. The molecule has 0 saturated heterocycles. The van der Waals surface area contributed by atoms with E-state index in [9.17, 15) is 4.79 Å². The number of benzene rings is 2. The molecule has 4 nitrogen and oxygen atoms in total. The Kier molecular flexibility index (Phi) is 7.13. The molecule has 0 heterocycles. The SMILES string of the molecule is C=C(NC(=O)N=C(C)c1cccc(CC)c1)c1cc(CNC)ccc1Cl. The minimum atomic E-state index is -0.468. The predicted molar refractivity (Wildman–Crippen MR) is 110 cm³/mol. The standard InChI is InChI=1S/C21H24ClN3O/c1-5-16-7-6-8-18(11-16)14(2)24-21(26)25-15(3)19-12-17(13-23-4)9-10-20(19)22/h6-12,23H,3,5,13H2,1-2,4H3,(H,25,26). The third-order valence-electron chi connectivity index (χ3n) is 4.02. The number of rotatable bonds is 6. The Balaban J connectivity index is 2.13. The number of halogens is 1. The number of carbonyl (C=O) groups is 1. The van der Waals surface area contributed by atoms with Gasteiger partial charge in [0.05, 0.1) is 5.71 Å². The van der Waals surface area contributed by atoms with E-state index < -0.39 is 6.03 Å². The highest BCUT2D eigenvalue weighted by Crippen LogP contribution is 2.23. The number of aryl methyl sites for hydroxylation is 1. The largest absolute Gasteiger partial charge is 0.345 e. The van der Waals surface area contributed by atoms with Crippen LogP contribution in [0.2, 0.25) is 5.02 Å². The summed E-state index contributed by atoms with van der Waals surface area (Å²) in [6.07, 6.45) is 0.936. The zero-order chi connectivity index (χ0) is 19.1. The van der Waals surface area contributed by atoms with Crippen LogP contribution in [0, 0.1) is 0 Å². The molecule has 0 aromatic heterocycles. The molecule has 2 aromatic rings. The van der Waals surface area contributed by atoms with Crippen LogP contribution in [0.3, 0.4) is 0 Å². The van der Waals surface area contributed by atoms with Crippen LogP contribution in [0.25, 0.3) is 5.70 Å². The fourth-order valence-electron chi connectivity index (χ4n) is 2.58. The number of aliphatic imine (C=N–C) groups is 1. The first-order chi connectivity index (χ1) is 12.4. The zero-order valence-corrected chi connectivity index (χ0v) is 16.2. The maximum atomic E-state index is 12.3. The molecule has 2 aromatic carbocycles. The Morgan fingerprint density at radius 1 is 1.19 bits per heavy atom. The molecule has 2 rings (SSSR count). The summed E-state index contributed by atoms with van der Waals surface area (Å²) in [5.74, 6) is 0. The molecule has 0 radical (unpaired) electrons. The Bertz CT molecular complexity index is 843. The smallest absolute Gasteiger partial charge is 0.316 e. The van der Waals surface area contributed by atoms with Crippen LogP contribution in [0.1, 0.15) is 36.1 Å². The van der Waals surface area contributed by atoms with Gasteiger partial charge in [0.15, 0.2) is 0 Å². The molecule has 0 atom stereocenters. The second-order valence-electron chi connectivity index (χ2n) is 6.00. The second kappa shape index (κ2) is 9.32. The lowest BCUT2D eigenvalue weighted by molar-refractivity contribution is 0.253. The van der Waals surface area contributed by atoms with Crippen LogP contribution in [0.5, 0.6) is 0 Å². The Hall–Kier alpha value is -2.43. The van der Waals surface area contributed by atoms with Crippen LogP contribution in [-0.4, -0.2) is 18.8 Å². The summed E-state index contributed by atoms with van der Waals surface area (Å²) in [5.41, 5.74) is 4.96. The number of urea groups is 1. The van der Waals surface area contributed by atoms with Gasteiger partial charge in [-0.25, -0.2) is 4.79 Å². The topological polar surface area (TPSA) is 53.5 Å². The zero-order valence-electron chi connectivity index (χ0n) is 15.4. The summed E-state index contributed by atoms with van der Waals surface area (Å²) >= 11 is 6.24. The molecule has 2 amide bonds. The second-order valence-corrected chi connectivity index (χ2v) is 6.41. The van der Waals surface area contributed by atoms with E-state index in [0.29, 0.717) is 28.5 Å². The molecule has 136 valence electrons. The highest BCUT2D eigenvalue weighted by molar-refractivity contribution is 6.32. The van der Waals surface area contributed by atoms with Gasteiger partial charge in [-0.3, -0.25) is 0 Å². The summed E-state index contributed by atoms with van der Waals surface area (Å²) in [4.78, 5) is 16.4. The molecule has 0 saturated carbocycles. The van der Waals surface area contributed by atoms with E-state index in [1.54, 1.807) is 6.07 Å². The van der Waals surface area contributed by atoms with E-state index in [-0.39, 0.29) is 0 Å². The summed E-state index contributed by atoms with van der Waals surface area (Å²) in [5, 5.41) is 6.33. The summed E-state index contributed by atoms with van der Waals surface area (Å²) in [6, 6.07) is 13.2. The normalized spacial score (nSPS) is 11.3. The van der Waals surface area contributed by atoms with Crippen molar-refractivity contribution in [3.05, 3.63) is 76.3 Å². The van der Waals surface area contributed by atoms with Gasteiger partial charge in [0.2, 0.25) is 0 Å². The molecule has 0 aliphatic rings. The first kappa shape index (κ1) is 19.9. The number of nitrogens with zero attached hydrogens (tertiary/aromatic N) is 1. The first-order valence-corrected chi connectivity index (χ1v) is 8.90. The highest BCUT2D eigenvalue weighted by Gasteiger charge is 2.10. The predicted octanol–water partition coefficient (Wildman–Crippen LogP) is 4.81. The van der Waals surface area contributed by atoms with Crippen molar-refractivity contribution in [1.29, 1.82) is 0 Å². The average Bonchev–Trinajstić information content (AvgIpc) is 2.63. The molecule has 26 heavy (non-hydrogen) atoms. The van der Waals surface area contributed by atoms with Crippen molar-refractivity contribution in [2.45, 2.75) is 26.8 Å². The van der Waals surface area contributed by atoms with Gasteiger partial charge in [-0.05, 0) is 55.3 Å². The maximum absolute atomic E-state index is 12.3. The minimum absolute atomic E-state index is 0.428. The van der Waals surface area contributed by atoms with Crippen molar-refractivity contribution >= 4 is 29.0 Å². The lowest BCUT2D eigenvalue weighted by Gasteiger charge is -2.11. The van der Waals surface area contributed by atoms with Gasteiger partial charge < -0.3 is 10.6 Å². The van der Waals surface area contributed by atoms with Crippen LogP contribution in [0.4, 0.5) is 4.79 Å². The quantitative estimate of drug-likeness (QED) is 0.718. The molecular formula is C21H24ClN3O. The lowest BCUT2D eigenvalue weighted by Crippen LogP contribution is -2.19. The summed E-state index contributed by atoms with van der Waals surface area (Å²) in [7, 11) is 1.87. The van der Waals surface area contributed by atoms with Crippen molar-refractivity contribution in [1.82, 2.24) is 10.6 Å². The van der Waals surface area contributed by atoms with Gasteiger partial charge >= 0.3 is 6.03 Å². The van der Waals surface area contributed by atoms with Crippen molar-refractivity contribution in [2.75, 3.05) is 7.05 Å². The molecule has 0 unspecified atom stereocenters. The van der Waals surface area contributed by atoms with Crippen LogP contribution in [0.15, 0.2) is 54.0 Å². The molecule has 0 bridgehead atoms.